The molecule has 4 saturated heterocycles. The number of aromatic nitrogens is 4. The van der Waals surface area contributed by atoms with E-state index < -0.39 is 20.0 Å². The molecule has 4 aliphatic rings. The van der Waals surface area contributed by atoms with Crippen LogP contribution in [0.5, 0.6) is 0 Å². The van der Waals surface area contributed by atoms with E-state index in [4.69, 9.17) is 46.4 Å². The van der Waals surface area contributed by atoms with Gasteiger partial charge in [-0.1, -0.05) is 46.4 Å². The molecule has 8 aromatic rings. The van der Waals surface area contributed by atoms with E-state index in [1.165, 1.54) is 23.3 Å². The molecule has 0 spiro atoms. The molecule has 0 radical (unpaired) electrons. The number of benzene rings is 4. The molecule has 0 bridgehead atoms. The summed E-state index contributed by atoms with van der Waals surface area (Å²) in [5.41, 5.74) is 8.52. The number of fused-ring (bicyclic) bond motifs is 4. The van der Waals surface area contributed by atoms with E-state index in [2.05, 4.69) is 58.6 Å². The third-order valence-electron chi connectivity index (χ3n) is 15.7. The molecule has 12 rings (SSSR count). The van der Waals surface area contributed by atoms with Crippen LogP contribution in [0.25, 0.3) is 43.6 Å². The van der Waals surface area contributed by atoms with Gasteiger partial charge in [-0.3, -0.25) is 9.59 Å². The number of H-pyrrole nitrogens is 4. The van der Waals surface area contributed by atoms with Gasteiger partial charge in [0.1, 0.15) is 0 Å². The Morgan fingerprint density at radius 1 is 0.439 bits per heavy atom. The molecule has 2 amide bonds. The van der Waals surface area contributed by atoms with Crippen molar-refractivity contribution in [2.75, 3.05) is 124 Å². The third kappa shape index (κ3) is 14.4. The number of carbonyl (C=O) groups is 2. The van der Waals surface area contributed by atoms with Crippen LogP contribution in [-0.4, -0.2) is 183 Å². The molecule has 440 valence electrons. The lowest BCUT2D eigenvalue weighted by atomic mass is 10.1. The van der Waals surface area contributed by atoms with E-state index in [1.807, 2.05) is 102 Å². The molecule has 2 unspecified atom stereocenters. The zero-order valence-corrected chi connectivity index (χ0v) is 51.7. The molecular weight excluding hydrogens is 1170 g/mol. The van der Waals surface area contributed by atoms with E-state index >= 15 is 0 Å². The van der Waals surface area contributed by atoms with Crippen molar-refractivity contribution in [3.8, 4) is 0 Å². The molecule has 24 heteroatoms. The second kappa shape index (κ2) is 26.0. The van der Waals surface area contributed by atoms with E-state index in [0.29, 0.717) is 49.3 Å². The van der Waals surface area contributed by atoms with Gasteiger partial charge in [-0.25, -0.2) is 21.1 Å². The first-order valence-corrected chi connectivity index (χ1v) is 32.7. The number of sulfonamides is 2. The third-order valence-corrected chi connectivity index (χ3v) is 19.3. The highest BCUT2D eigenvalue weighted by molar-refractivity contribution is 7.88. The van der Waals surface area contributed by atoms with Crippen LogP contribution >= 0.6 is 46.4 Å². The molecule has 8 heterocycles. The Kier molecular flexibility index (Phi) is 19.2. The Morgan fingerprint density at radius 3 is 1.20 bits per heavy atom. The highest BCUT2D eigenvalue weighted by Crippen LogP contribution is 2.36. The molecule has 4 fully saturated rings. The normalized spacial score (nSPS) is 18.9. The Labute approximate surface area is 500 Å². The first-order valence-electron chi connectivity index (χ1n) is 27.5. The summed E-state index contributed by atoms with van der Waals surface area (Å²) in [6, 6.07) is 24.0. The largest absolute Gasteiger partial charge is 0.370 e. The molecule has 4 N–H and O–H groups in total. The van der Waals surface area contributed by atoms with Crippen LogP contribution in [0.1, 0.15) is 40.5 Å². The summed E-state index contributed by atoms with van der Waals surface area (Å²) in [5.74, 6) is 0.305. The van der Waals surface area contributed by atoms with E-state index in [-0.39, 0.29) is 23.9 Å². The molecule has 0 saturated carbocycles. The van der Waals surface area contributed by atoms with Crippen LogP contribution < -0.4 is 19.6 Å². The van der Waals surface area contributed by atoms with Gasteiger partial charge in [0.25, 0.3) is 0 Å². The smallest absolute Gasteiger partial charge is 0.219 e. The number of halogens is 4. The number of hydrogen-bond donors (Lipinski definition) is 4. The van der Waals surface area contributed by atoms with Crippen molar-refractivity contribution >= 4 is 145 Å². The van der Waals surface area contributed by atoms with Gasteiger partial charge in [0.05, 0.1) is 12.5 Å². The molecule has 2 atom stereocenters. The van der Waals surface area contributed by atoms with Crippen LogP contribution in [0, 0.1) is 0 Å². The Bertz CT molecular complexity index is 3640. The molecule has 4 aliphatic heterocycles. The number of piperazine rings is 2. The summed E-state index contributed by atoms with van der Waals surface area (Å²) in [7, 11) is -6.27. The van der Waals surface area contributed by atoms with Crippen molar-refractivity contribution in [3.63, 3.8) is 0 Å². The number of nitrogens with zero attached hydrogens (tertiary/aromatic N) is 8. The molecule has 82 heavy (non-hydrogen) atoms. The summed E-state index contributed by atoms with van der Waals surface area (Å²) < 4.78 is 50.0. The van der Waals surface area contributed by atoms with Gasteiger partial charge in [-0.05, 0) is 99.5 Å². The van der Waals surface area contributed by atoms with Gasteiger partial charge in [0, 0.05) is 229 Å². The first-order chi connectivity index (χ1) is 39.0. The van der Waals surface area contributed by atoms with Crippen LogP contribution in [-0.2, 0) is 29.6 Å². The van der Waals surface area contributed by atoms with E-state index in [1.54, 1.807) is 22.5 Å². The first kappa shape index (κ1) is 60.7. The average Bonchev–Trinajstić information content (AvgIpc) is 4.18. The minimum absolute atomic E-state index is 0.0540. The molecule has 4 aromatic carbocycles. The van der Waals surface area contributed by atoms with Crippen LogP contribution in [0.4, 0.5) is 22.7 Å². The van der Waals surface area contributed by atoms with Gasteiger partial charge in [0.15, 0.2) is 0 Å². The topological polar surface area (TPSA) is 192 Å². The number of carbonyl (C=O) groups excluding carboxylic acids is 2. The summed E-state index contributed by atoms with van der Waals surface area (Å²) in [5, 5.41) is 7.43. The second-order valence-electron chi connectivity index (χ2n) is 21.5. The monoisotopic (exact) mass is 1240 g/mol. The van der Waals surface area contributed by atoms with Crippen molar-refractivity contribution in [2.24, 2.45) is 0 Å². The predicted molar refractivity (Wildman–Crippen MR) is 338 cm³/mol. The fourth-order valence-corrected chi connectivity index (χ4v) is 14.6. The zero-order valence-electron chi connectivity index (χ0n) is 47.1. The molecule has 18 nitrogen and oxygen atoms in total. The van der Waals surface area contributed by atoms with Crippen molar-refractivity contribution < 1.29 is 26.4 Å². The lowest BCUT2D eigenvalue weighted by Crippen LogP contribution is -2.53. The molecule has 0 aliphatic carbocycles. The van der Waals surface area contributed by atoms with Crippen LogP contribution in [0.3, 0.4) is 0 Å². The highest BCUT2D eigenvalue weighted by Gasteiger charge is 2.31. The zero-order chi connectivity index (χ0) is 58.6. The minimum atomic E-state index is -3.15. The molecular formula is C58H72Cl4N12O6S2. The summed E-state index contributed by atoms with van der Waals surface area (Å²) in [6.45, 7) is 17.5. The Balaban J connectivity index is 0.000000132. The van der Waals surface area contributed by atoms with Gasteiger partial charge >= 0.3 is 0 Å². The van der Waals surface area contributed by atoms with Gasteiger partial charge in [0.2, 0.25) is 31.9 Å². The summed E-state index contributed by atoms with van der Waals surface area (Å²) >= 11 is 24.8. The summed E-state index contributed by atoms with van der Waals surface area (Å²) in [4.78, 5) is 48.7. The van der Waals surface area contributed by atoms with Gasteiger partial charge in [-0.15, -0.1) is 0 Å². The second-order valence-corrected chi connectivity index (χ2v) is 27.1. The van der Waals surface area contributed by atoms with Gasteiger partial charge in [-0.2, -0.15) is 4.31 Å². The molecule has 4 aromatic heterocycles. The fourth-order valence-electron chi connectivity index (χ4n) is 11.7. The summed E-state index contributed by atoms with van der Waals surface area (Å²) in [6.07, 6.45) is 12.0. The quantitative estimate of drug-likeness (QED) is 0.125. The van der Waals surface area contributed by atoms with Crippen molar-refractivity contribution in [1.29, 1.82) is 0 Å². The predicted octanol–water partition coefficient (Wildman–Crippen LogP) is 10.3. The maximum absolute atomic E-state index is 11.7. The standard InChI is InChI=1S/2C15H18ClN3O.2C14H18ClN3O2S/c1-10-9-18(5-6-19(10)11(2)20)15-8-12(16)7-14-13(15)3-4-17-14;1-11(20)18-5-2-6-19(8-7-18)15-10-12(16)9-14-13(15)3-4-17-14;1-10-9-17(5-6-18(10)21(2,19)20)14-8-11(15)7-13-12(14)3-4-16-13;1-21(19,20)18-6-2-5-17(7-8-18)14-10-11(15)9-13-12(14)3-4-16-13/h3-4,7-8,10,17H,5-6,9H2,1-2H3;3-4,9-10,17H,2,5-8H2,1H3;3-4,7-8,10,16H,5-6,9H2,1-2H3;3-4,9-10,16H,2,5-8H2,1H3. The fraction of sp³-hybridized carbons (Fsp3) is 0.414. The van der Waals surface area contributed by atoms with E-state index in [9.17, 15) is 26.4 Å². The number of anilines is 4. The average molecular weight is 1240 g/mol. The Hall–Kier alpha value is -5.84. The maximum atomic E-state index is 11.7. The number of rotatable bonds is 6. The van der Waals surface area contributed by atoms with E-state index in [0.717, 1.165) is 131 Å². The number of hydrogen-bond acceptors (Lipinski definition) is 10. The lowest BCUT2D eigenvalue weighted by molar-refractivity contribution is -0.131. The number of aromatic amines is 4. The lowest BCUT2D eigenvalue weighted by Gasteiger charge is -2.40. The number of nitrogens with one attached hydrogen (secondary N) is 4. The van der Waals surface area contributed by atoms with Crippen molar-refractivity contribution in [1.82, 2.24) is 38.3 Å². The Morgan fingerprint density at radius 2 is 0.817 bits per heavy atom. The van der Waals surface area contributed by atoms with Crippen LogP contribution in [0.15, 0.2) is 97.6 Å². The maximum Gasteiger partial charge on any atom is 0.219 e. The highest BCUT2D eigenvalue weighted by atomic mass is 35.5. The van der Waals surface area contributed by atoms with Gasteiger partial charge < -0.3 is 49.3 Å². The SMILES string of the molecule is CC(=O)N1CCCN(c2cc(Cl)cc3[nH]ccc23)CC1.CC(=O)N1CCN(c2cc(Cl)cc3[nH]ccc23)CC1C.CC1CN(c2cc(Cl)cc3[nH]ccc23)CCN1S(C)(=O)=O.CS(=O)(=O)N1CCCN(c2cc(Cl)cc3[nH]ccc23)CC1. The minimum Gasteiger partial charge on any atom is -0.370 e. The van der Waals surface area contributed by atoms with Crippen molar-refractivity contribution in [3.05, 3.63) is 118 Å². The number of amides is 2. The van der Waals surface area contributed by atoms with Crippen molar-refractivity contribution in [2.45, 2.75) is 52.6 Å². The van der Waals surface area contributed by atoms with Crippen LogP contribution in [0.2, 0.25) is 20.1 Å².